The Morgan fingerprint density at radius 2 is 1.05 bits per heavy atom. The number of hydrogen-bond donors (Lipinski definition) is 1. The van der Waals surface area contributed by atoms with Crippen LogP contribution in [0.5, 0.6) is 0 Å². The number of carbonyl (C=O) groups is 2. The number of unbranched alkanes of at least 4 members (excludes halogenated alkanes) is 10. The molecule has 4 nitrogen and oxygen atoms in total. The normalized spacial score (nSPS) is 10.4. The van der Waals surface area contributed by atoms with Gasteiger partial charge in [0.15, 0.2) is 0 Å². The van der Waals surface area contributed by atoms with E-state index in [2.05, 4.69) is 4.29 Å². The molecule has 0 bridgehead atoms. The third-order valence-corrected chi connectivity index (χ3v) is 3.53. The van der Waals surface area contributed by atoms with E-state index in [0.29, 0.717) is 12.8 Å². The fourth-order valence-electron chi connectivity index (χ4n) is 2.18. The van der Waals surface area contributed by atoms with Crippen LogP contribution < -0.4 is 0 Å². The van der Waals surface area contributed by atoms with Crippen LogP contribution in [0.3, 0.4) is 0 Å². The molecule has 0 aliphatic rings. The SMILES string of the molecule is O=C(O)CCCCCCCCCCCCCC(=O)OCl. The van der Waals surface area contributed by atoms with Gasteiger partial charge in [-0.3, -0.25) is 9.59 Å². The fourth-order valence-corrected chi connectivity index (χ4v) is 2.25. The average Bonchev–Trinajstić information content (AvgIpc) is 2.43. The summed E-state index contributed by atoms with van der Waals surface area (Å²) >= 11 is 4.93. The van der Waals surface area contributed by atoms with E-state index in [4.69, 9.17) is 17.0 Å². The summed E-state index contributed by atoms with van der Waals surface area (Å²) < 4.78 is 4.06. The lowest BCUT2D eigenvalue weighted by molar-refractivity contribution is -0.137. The van der Waals surface area contributed by atoms with Crippen LogP contribution >= 0.6 is 11.9 Å². The van der Waals surface area contributed by atoms with Crippen LogP contribution in [0.25, 0.3) is 0 Å². The number of rotatable bonds is 14. The molecular weight excluding hydrogens is 280 g/mol. The molecule has 0 heterocycles. The first-order chi connectivity index (χ1) is 9.66. The zero-order valence-electron chi connectivity index (χ0n) is 12.2. The highest BCUT2D eigenvalue weighted by molar-refractivity contribution is 6.13. The molecule has 0 rings (SSSR count). The van der Waals surface area contributed by atoms with Crippen molar-refractivity contribution in [1.29, 1.82) is 0 Å². The number of halogens is 1. The van der Waals surface area contributed by atoms with Gasteiger partial charge in [-0.1, -0.05) is 57.8 Å². The highest BCUT2D eigenvalue weighted by Crippen LogP contribution is 2.12. The van der Waals surface area contributed by atoms with E-state index < -0.39 is 5.97 Å². The van der Waals surface area contributed by atoms with Crippen LogP contribution in [0.2, 0.25) is 0 Å². The minimum Gasteiger partial charge on any atom is -0.481 e. The van der Waals surface area contributed by atoms with Crippen molar-refractivity contribution in [3.05, 3.63) is 0 Å². The summed E-state index contributed by atoms with van der Waals surface area (Å²) in [6.07, 6.45) is 12.9. The van der Waals surface area contributed by atoms with Crippen molar-refractivity contribution in [2.24, 2.45) is 0 Å². The molecule has 20 heavy (non-hydrogen) atoms. The maximum absolute atomic E-state index is 10.7. The van der Waals surface area contributed by atoms with Gasteiger partial charge in [0.1, 0.15) is 11.9 Å². The monoisotopic (exact) mass is 306 g/mol. The first-order valence-electron chi connectivity index (χ1n) is 7.70. The Bertz CT molecular complexity index is 256. The Balaban J connectivity index is 3.03. The number of aliphatic carboxylic acids is 1. The van der Waals surface area contributed by atoms with Crippen LogP contribution in [-0.2, 0) is 13.9 Å². The van der Waals surface area contributed by atoms with Gasteiger partial charge >= 0.3 is 11.9 Å². The van der Waals surface area contributed by atoms with E-state index in [9.17, 15) is 9.59 Å². The topological polar surface area (TPSA) is 63.6 Å². The smallest absolute Gasteiger partial charge is 0.324 e. The Morgan fingerprint density at radius 3 is 1.40 bits per heavy atom. The molecule has 5 heteroatoms. The number of carboxylic acid groups (broad SMARTS) is 1. The third-order valence-electron chi connectivity index (χ3n) is 3.36. The van der Waals surface area contributed by atoms with Gasteiger partial charge in [0.2, 0.25) is 0 Å². The molecule has 0 amide bonds. The van der Waals surface area contributed by atoms with E-state index in [1.54, 1.807) is 0 Å². The minimum absolute atomic E-state index is 0.303. The van der Waals surface area contributed by atoms with Crippen molar-refractivity contribution in [2.45, 2.75) is 83.5 Å². The van der Waals surface area contributed by atoms with Crippen LogP contribution in [0.15, 0.2) is 0 Å². The number of carboxylic acids is 1. The fraction of sp³-hybridized carbons (Fsp3) is 0.867. The molecule has 0 atom stereocenters. The molecule has 0 aromatic rings. The van der Waals surface area contributed by atoms with Gasteiger partial charge in [0.05, 0.1) is 0 Å². The Hall–Kier alpha value is -0.770. The molecule has 0 aliphatic heterocycles. The molecule has 0 fully saturated rings. The van der Waals surface area contributed by atoms with Gasteiger partial charge in [0, 0.05) is 12.8 Å². The van der Waals surface area contributed by atoms with E-state index in [1.165, 1.54) is 32.1 Å². The van der Waals surface area contributed by atoms with Crippen molar-refractivity contribution in [3.8, 4) is 0 Å². The zero-order valence-corrected chi connectivity index (χ0v) is 13.0. The molecular formula is C15H27ClO4. The second kappa shape index (κ2) is 14.6. The first-order valence-corrected chi connectivity index (χ1v) is 8.01. The largest absolute Gasteiger partial charge is 0.481 e. The summed E-state index contributed by atoms with van der Waals surface area (Å²) in [6.45, 7) is 0. The summed E-state index contributed by atoms with van der Waals surface area (Å²) in [7, 11) is 0. The quantitative estimate of drug-likeness (QED) is 0.466. The summed E-state index contributed by atoms with van der Waals surface area (Å²) in [6, 6.07) is 0. The van der Waals surface area contributed by atoms with Crippen molar-refractivity contribution < 1.29 is 19.0 Å². The maximum Gasteiger partial charge on any atom is 0.324 e. The molecule has 0 spiro atoms. The van der Waals surface area contributed by atoms with Crippen LogP contribution in [0.1, 0.15) is 83.5 Å². The molecule has 118 valence electrons. The van der Waals surface area contributed by atoms with Gasteiger partial charge in [-0.15, -0.1) is 0 Å². The molecule has 0 aromatic carbocycles. The number of hydrogen-bond acceptors (Lipinski definition) is 3. The van der Waals surface area contributed by atoms with E-state index in [-0.39, 0.29) is 5.97 Å². The summed E-state index contributed by atoms with van der Waals surface area (Å²) in [4.78, 5) is 21.0. The van der Waals surface area contributed by atoms with E-state index in [1.807, 2.05) is 0 Å². The lowest BCUT2D eigenvalue weighted by atomic mass is 10.0. The Labute approximate surface area is 127 Å². The van der Waals surface area contributed by atoms with Crippen LogP contribution in [0.4, 0.5) is 0 Å². The molecule has 0 aliphatic carbocycles. The van der Waals surface area contributed by atoms with Crippen LogP contribution in [-0.4, -0.2) is 17.0 Å². The molecule has 0 radical (unpaired) electrons. The number of carbonyl (C=O) groups excluding carboxylic acids is 1. The van der Waals surface area contributed by atoms with Gasteiger partial charge in [0.25, 0.3) is 0 Å². The highest BCUT2D eigenvalue weighted by Gasteiger charge is 2.00. The van der Waals surface area contributed by atoms with Gasteiger partial charge < -0.3 is 9.40 Å². The third kappa shape index (κ3) is 15.3. The predicted octanol–water partition coefficient (Wildman–Crippen LogP) is 4.84. The van der Waals surface area contributed by atoms with Crippen molar-refractivity contribution >= 4 is 23.8 Å². The summed E-state index contributed by atoms with van der Waals surface area (Å²) in [5.74, 6) is -1.03. The second-order valence-corrected chi connectivity index (χ2v) is 5.39. The zero-order chi connectivity index (χ0) is 15.1. The second-order valence-electron chi connectivity index (χ2n) is 5.23. The molecule has 0 unspecified atom stereocenters. The molecule has 0 saturated carbocycles. The summed E-state index contributed by atoms with van der Waals surface area (Å²) in [5.41, 5.74) is 0. The Kier molecular flexibility index (Phi) is 14.1. The van der Waals surface area contributed by atoms with Crippen molar-refractivity contribution in [2.75, 3.05) is 0 Å². The highest BCUT2D eigenvalue weighted by atomic mass is 35.5. The van der Waals surface area contributed by atoms with Gasteiger partial charge in [-0.05, 0) is 12.8 Å². The van der Waals surface area contributed by atoms with Crippen LogP contribution in [0, 0.1) is 0 Å². The van der Waals surface area contributed by atoms with Gasteiger partial charge in [-0.25, -0.2) is 0 Å². The first kappa shape index (κ1) is 19.2. The molecule has 0 saturated heterocycles. The standard InChI is InChI=1S/C15H27ClO4/c16-20-15(19)13-11-9-7-5-3-1-2-4-6-8-10-12-14(17)18/h1-13H2,(H,17,18). The Morgan fingerprint density at radius 1 is 0.700 bits per heavy atom. The lowest BCUT2D eigenvalue weighted by Gasteiger charge is -2.02. The van der Waals surface area contributed by atoms with E-state index in [0.717, 1.165) is 38.5 Å². The van der Waals surface area contributed by atoms with Gasteiger partial charge in [-0.2, -0.15) is 0 Å². The lowest BCUT2D eigenvalue weighted by Crippen LogP contribution is -1.95. The van der Waals surface area contributed by atoms with Crippen molar-refractivity contribution in [3.63, 3.8) is 0 Å². The average molecular weight is 307 g/mol. The molecule has 1 N–H and O–H groups in total. The van der Waals surface area contributed by atoms with E-state index >= 15 is 0 Å². The maximum atomic E-state index is 10.7. The van der Waals surface area contributed by atoms with Crippen molar-refractivity contribution in [1.82, 2.24) is 0 Å². The predicted molar refractivity (Wildman–Crippen MR) is 79.6 cm³/mol. The minimum atomic E-state index is -0.690. The summed E-state index contributed by atoms with van der Waals surface area (Å²) in [5, 5.41) is 8.49. The molecule has 0 aromatic heterocycles.